The number of amides is 2. The fourth-order valence-electron chi connectivity index (χ4n) is 3.83. The van der Waals surface area contributed by atoms with Gasteiger partial charge in [-0.3, -0.25) is 14.5 Å². The van der Waals surface area contributed by atoms with E-state index in [1.165, 1.54) is 13.1 Å². The van der Waals surface area contributed by atoms with E-state index < -0.39 is 86.7 Å². The van der Waals surface area contributed by atoms with Gasteiger partial charge in [0.1, 0.15) is 11.4 Å². The van der Waals surface area contributed by atoms with Crippen molar-refractivity contribution >= 4 is 40.5 Å². The lowest BCUT2D eigenvalue weighted by Crippen LogP contribution is -2.55. The van der Waals surface area contributed by atoms with Crippen LogP contribution in [0.2, 0.25) is 0 Å². The number of carbonyl (C=O) groups is 2. The van der Waals surface area contributed by atoms with Crippen LogP contribution in [-0.4, -0.2) is 29.5 Å². The predicted octanol–water partition coefficient (Wildman–Crippen LogP) is 4.14. The molecule has 1 N–H and O–H groups in total. The fraction of sp³-hybridized carbons (Fsp3) is 0.273. The molecule has 1 aliphatic carbocycles. The second-order valence-electron chi connectivity index (χ2n) is 7.37. The second-order valence-corrected chi connectivity index (χ2v) is 7.74. The molecule has 0 unspecified atom stereocenters. The van der Waals surface area contributed by atoms with Crippen molar-refractivity contribution in [3.05, 3.63) is 58.8 Å². The van der Waals surface area contributed by atoms with Crippen molar-refractivity contribution < 1.29 is 32.6 Å². The second kappa shape index (κ2) is 7.81. The summed E-state index contributed by atoms with van der Waals surface area (Å²) in [7, 11) is 1.22. The van der Waals surface area contributed by atoms with Gasteiger partial charge in [0.25, 0.3) is 11.8 Å². The van der Waals surface area contributed by atoms with Crippen LogP contribution >= 0.6 is 12.2 Å². The average molecular weight is 480 g/mol. The van der Waals surface area contributed by atoms with Gasteiger partial charge in [-0.2, -0.15) is 18.4 Å². The minimum atomic E-state index is -5.16. The Bertz CT molecular complexity index is 1440. The van der Waals surface area contributed by atoms with Crippen molar-refractivity contribution in [3.63, 3.8) is 0 Å². The number of hydrogen-bond acceptors (Lipinski definition) is 4. The van der Waals surface area contributed by atoms with E-state index >= 15 is 4.39 Å². The summed E-state index contributed by atoms with van der Waals surface area (Å²) in [5.41, 5.74) is -6.12. The van der Waals surface area contributed by atoms with E-state index in [0.717, 1.165) is 11.0 Å². The summed E-state index contributed by atoms with van der Waals surface area (Å²) in [6.07, 6.45) is -4.53. The van der Waals surface area contributed by atoms with Crippen molar-refractivity contribution in [1.82, 2.24) is 5.32 Å². The smallest absolute Gasteiger partial charge is 0.355 e. The third-order valence-electron chi connectivity index (χ3n) is 5.60. The van der Waals surface area contributed by atoms with Gasteiger partial charge in [0.05, 0.1) is 33.9 Å². The number of nitriles is 1. The number of carbonyl (C=O) groups excluding carboxylic acids is 2. The van der Waals surface area contributed by atoms with Gasteiger partial charge in [-0.05, 0) is 67.8 Å². The monoisotopic (exact) mass is 480 g/mol. The molecule has 6 nitrogen and oxygen atoms in total. The minimum Gasteiger partial charge on any atom is -0.355 e. The molecule has 2 fully saturated rings. The summed E-state index contributed by atoms with van der Waals surface area (Å²) in [5.74, 6) is -3.10. The maximum Gasteiger partial charge on any atom is 0.417 e. The molecular weight excluding hydrogens is 460 g/mol. The molecule has 170 valence electrons. The molecule has 1 heterocycles. The topological polar surface area (TPSA) is 76.4 Å². The summed E-state index contributed by atoms with van der Waals surface area (Å²) in [4.78, 5) is 27.2. The average Bonchev–Trinajstić information content (AvgIpc) is 3.01. The lowest BCUT2D eigenvalue weighted by Gasteiger charge is -2.43. The number of anilines is 2. The van der Waals surface area contributed by atoms with Gasteiger partial charge in [-0.1, -0.05) is 0 Å². The van der Waals surface area contributed by atoms with Gasteiger partial charge in [0.2, 0.25) is 0 Å². The van der Waals surface area contributed by atoms with Crippen LogP contribution in [0.5, 0.6) is 0 Å². The Morgan fingerprint density at radius 1 is 1.27 bits per heavy atom. The fourth-order valence-corrected chi connectivity index (χ4v) is 4.27. The highest BCUT2D eigenvalue weighted by molar-refractivity contribution is 7.81. The number of nitrogens with zero attached hydrogens (tertiary/aromatic N) is 3. The molecule has 0 aromatic heterocycles. The standard InChI is InChI=1S/C22H16F4N4O2S/c1-28-18(31)15-6-5-14(10-17(15)23)30-20(33)29(19(32)21(30)7-2-8-21)13-4-3-12(11-27)16(9-13)22(24,25)26/h3-6,9-10H,2,7-8H2,1H3,(H,28,31)/i4D,5D,9D,10D. The molecule has 33 heavy (non-hydrogen) atoms. The summed E-state index contributed by atoms with van der Waals surface area (Å²) >= 11 is 5.39. The largest absolute Gasteiger partial charge is 0.417 e. The molecule has 0 atom stereocenters. The number of nitrogens with one attached hydrogen (secondary N) is 1. The van der Waals surface area contributed by atoms with Gasteiger partial charge in [-0.25, -0.2) is 4.39 Å². The maximum atomic E-state index is 15.0. The Balaban J connectivity index is 1.96. The molecule has 2 aromatic rings. The molecule has 2 aliphatic rings. The molecule has 0 bridgehead atoms. The van der Waals surface area contributed by atoms with Crippen LogP contribution in [0.15, 0.2) is 36.3 Å². The van der Waals surface area contributed by atoms with Crippen molar-refractivity contribution in [2.45, 2.75) is 31.0 Å². The number of hydrogen-bond donors (Lipinski definition) is 1. The Kier molecular flexibility index (Phi) is 4.25. The highest BCUT2D eigenvalue weighted by Gasteiger charge is 2.59. The molecule has 1 aliphatic heterocycles. The summed E-state index contributed by atoms with van der Waals surface area (Å²) in [5, 5.41) is 10.8. The zero-order valence-corrected chi connectivity index (χ0v) is 17.7. The third-order valence-corrected chi connectivity index (χ3v) is 5.96. The molecule has 1 spiro atoms. The predicted molar refractivity (Wildman–Crippen MR) is 115 cm³/mol. The van der Waals surface area contributed by atoms with Gasteiger partial charge in [0, 0.05) is 12.7 Å². The van der Waals surface area contributed by atoms with E-state index in [-0.39, 0.29) is 12.8 Å². The number of benzene rings is 2. The van der Waals surface area contributed by atoms with E-state index in [4.69, 9.17) is 23.0 Å². The van der Waals surface area contributed by atoms with Gasteiger partial charge in [0.15, 0.2) is 5.11 Å². The maximum absolute atomic E-state index is 15.0. The van der Waals surface area contributed by atoms with Gasteiger partial charge < -0.3 is 10.2 Å². The lowest BCUT2D eigenvalue weighted by atomic mass is 9.75. The molecule has 11 heteroatoms. The Morgan fingerprint density at radius 2 is 1.94 bits per heavy atom. The molecule has 1 saturated heterocycles. The molecule has 0 radical (unpaired) electrons. The van der Waals surface area contributed by atoms with E-state index in [2.05, 4.69) is 5.32 Å². The lowest BCUT2D eigenvalue weighted by molar-refractivity contribution is -0.137. The highest BCUT2D eigenvalue weighted by Crippen LogP contribution is 2.48. The number of rotatable bonds is 3. The van der Waals surface area contributed by atoms with Crippen LogP contribution in [0, 0.1) is 17.1 Å². The van der Waals surface area contributed by atoms with Crippen molar-refractivity contribution in [2.24, 2.45) is 0 Å². The highest BCUT2D eigenvalue weighted by atomic mass is 32.1. The van der Waals surface area contributed by atoms with Crippen LogP contribution in [0.3, 0.4) is 0 Å². The molecular formula is C22H16F4N4O2S. The minimum absolute atomic E-state index is 0.0866. The summed E-state index contributed by atoms with van der Waals surface area (Å²) < 4.78 is 89.3. The Hall–Kier alpha value is -3.52. The van der Waals surface area contributed by atoms with Crippen LogP contribution in [-0.2, 0) is 11.0 Å². The Labute approximate surface area is 197 Å². The van der Waals surface area contributed by atoms with Crippen molar-refractivity contribution in [1.29, 1.82) is 5.26 Å². The van der Waals surface area contributed by atoms with Crippen LogP contribution < -0.4 is 15.1 Å². The van der Waals surface area contributed by atoms with Crippen molar-refractivity contribution in [2.75, 3.05) is 16.8 Å². The van der Waals surface area contributed by atoms with E-state index in [1.54, 1.807) is 0 Å². The molecule has 1 saturated carbocycles. The first-order chi connectivity index (χ1) is 17.2. The quantitative estimate of drug-likeness (QED) is 0.528. The van der Waals surface area contributed by atoms with E-state index in [1.807, 2.05) is 0 Å². The Morgan fingerprint density at radius 3 is 2.48 bits per heavy atom. The zero-order chi connectivity index (χ0) is 27.6. The van der Waals surface area contributed by atoms with E-state index in [9.17, 15) is 22.8 Å². The summed E-state index contributed by atoms with van der Waals surface area (Å²) in [6, 6.07) is -0.808. The molecule has 2 aromatic carbocycles. The van der Waals surface area contributed by atoms with E-state index in [0.29, 0.717) is 17.4 Å². The number of thiocarbonyl (C=S) groups is 1. The van der Waals surface area contributed by atoms with Crippen molar-refractivity contribution in [3.8, 4) is 6.07 Å². The van der Waals surface area contributed by atoms with Crippen LogP contribution in [0.1, 0.15) is 46.2 Å². The normalized spacial score (nSPS) is 18.9. The molecule has 2 amide bonds. The van der Waals surface area contributed by atoms with Crippen LogP contribution in [0.25, 0.3) is 0 Å². The van der Waals surface area contributed by atoms with Gasteiger partial charge >= 0.3 is 6.18 Å². The zero-order valence-electron chi connectivity index (χ0n) is 20.9. The first-order valence-electron chi connectivity index (χ1n) is 11.5. The first kappa shape index (κ1) is 18.0. The van der Waals surface area contributed by atoms with Crippen LogP contribution in [0.4, 0.5) is 28.9 Å². The number of halogens is 4. The first-order valence-corrected chi connectivity index (χ1v) is 9.95. The molecule has 4 rings (SSSR count). The summed E-state index contributed by atoms with van der Waals surface area (Å²) in [6.45, 7) is 0. The van der Waals surface area contributed by atoms with Gasteiger partial charge in [-0.15, -0.1) is 0 Å². The SMILES string of the molecule is [2H]c1cc(C#N)c(C(F)(F)F)c([2H])c1N1C(=O)C2(CCC2)N(c2c([2H])cc(C(=O)NC)c(F)c2[2H])C1=S. The third kappa shape index (κ3) is 3.41. The number of alkyl halides is 3.